The van der Waals surface area contributed by atoms with E-state index in [1.807, 2.05) is 20.8 Å². The van der Waals surface area contributed by atoms with Gasteiger partial charge in [-0.25, -0.2) is 4.79 Å². The van der Waals surface area contributed by atoms with Crippen LogP contribution in [-0.2, 0) is 0 Å². The second-order valence-electron chi connectivity index (χ2n) is 5.27. The lowest BCUT2D eigenvalue weighted by Gasteiger charge is -2.32. The summed E-state index contributed by atoms with van der Waals surface area (Å²) in [5, 5.41) is 12.5. The molecule has 1 atom stereocenters. The van der Waals surface area contributed by atoms with Gasteiger partial charge in [0.15, 0.2) is 5.43 Å². The van der Waals surface area contributed by atoms with Crippen LogP contribution in [0.4, 0.5) is 0 Å². The van der Waals surface area contributed by atoms with Crippen LogP contribution in [0.25, 0.3) is 10.4 Å². The molecule has 1 rings (SSSR count). The summed E-state index contributed by atoms with van der Waals surface area (Å²) in [4.78, 5) is 25.1. The lowest BCUT2D eigenvalue weighted by atomic mass is 9.86. The van der Waals surface area contributed by atoms with Crippen LogP contribution < -0.4 is 5.43 Å². The fourth-order valence-electron chi connectivity index (χ4n) is 1.78. The van der Waals surface area contributed by atoms with Crippen molar-refractivity contribution in [2.75, 3.05) is 6.54 Å². The van der Waals surface area contributed by atoms with Crippen molar-refractivity contribution in [2.24, 2.45) is 10.5 Å². The van der Waals surface area contributed by atoms with E-state index in [1.165, 1.54) is 18.5 Å². The molecule has 0 aliphatic carbocycles. The maximum Gasteiger partial charge on any atom is 0.341 e. The third-order valence-corrected chi connectivity index (χ3v) is 2.85. The molecule has 7 nitrogen and oxygen atoms in total. The number of azide groups is 1. The molecule has 0 amide bonds. The van der Waals surface area contributed by atoms with Gasteiger partial charge in [0.05, 0.1) is 0 Å². The smallest absolute Gasteiger partial charge is 0.341 e. The highest BCUT2D eigenvalue weighted by Gasteiger charge is 2.25. The van der Waals surface area contributed by atoms with Crippen LogP contribution in [0.15, 0.2) is 28.4 Å². The molecule has 0 aliphatic heterocycles. The van der Waals surface area contributed by atoms with Crippen molar-refractivity contribution in [3.05, 3.63) is 44.7 Å². The first-order valence-electron chi connectivity index (χ1n) is 5.73. The second-order valence-corrected chi connectivity index (χ2v) is 5.27. The van der Waals surface area contributed by atoms with Crippen molar-refractivity contribution in [1.29, 1.82) is 0 Å². The number of nitrogens with zero attached hydrogens (tertiary/aromatic N) is 4. The molecule has 0 aliphatic rings. The molecular formula is C12H16N4O3. The molecule has 1 aromatic rings. The summed E-state index contributed by atoms with van der Waals surface area (Å²) in [6.07, 6.45) is 2.80. The summed E-state index contributed by atoms with van der Waals surface area (Å²) in [6, 6.07) is 0.972. The Balaban J connectivity index is 3.31. The average molecular weight is 264 g/mol. The zero-order valence-electron chi connectivity index (χ0n) is 11.1. The van der Waals surface area contributed by atoms with Crippen molar-refractivity contribution in [1.82, 2.24) is 4.57 Å². The lowest BCUT2D eigenvalue weighted by Crippen LogP contribution is -2.29. The summed E-state index contributed by atoms with van der Waals surface area (Å²) in [6.45, 7) is 6.03. The molecule has 1 aromatic heterocycles. The molecule has 1 N–H and O–H groups in total. The van der Waals surface area contributed by atoms with E-state index in [2.05, 4.69) is 10.0 Å². The Hall–Kier alpha value is -2.27. The van der Waals surface area contributed by atoms with Crippen LogP contribution in [0.5, 0.6) is 0 Å². The van der Waals surface area contributed by atoms with E-state index >= 15 is 0 Å². The average Bonchev–Trinajstić information content (AvgIpc) is 2.29. The molecule has 0 unspecified atom stereocenters. The standard InChI is InChI=1S/C12H16N4O3/c1-12(2,3)10(6-14-15-13)16-5-4-9(17)8(7-16)11(18)19/h4-5,7,10H,6H2,1-3H3,(H,18,19)/t10-/m0/s1. The van der Waals surface area contributed by atoms with E-state index in [1.54, 1.807) is 4.57 Å². The van der Waals surface area contributed by atoms with Crippen LogP contribution in [0, 0.1) is 5.41 Å². The number of hydrogen-bond acceptors (Lipinski definition) is 3. The Bertz CT molecular complexity index is 579. The highest BCUT2D eigenvalue weighted by atomic mass is 16.4. The minimum atomic E-state index is -1.27. The normalized spacial score (nSPS) is 12.6. The third-order valence-electron chi connectivity index (χ3n) is 2.85. The Morgan fingerprint density at radius 2 is 2.21 bits per heavy atom. The van der Waals surface area contributed by atoms with Crippen molar-refractivity contribution in [3.63, 3.8) is 0 Å². The quantitative estimate of drug-likeness (QED) is 0.512. The number of carbonyl (C=O) groups is 1. The molecule has 0 radical (unpaired) electrons. The van der Waals surface area contributed by atoms with Gasteiger partial charge in [-0.2, -0.15) is 0 Å². The van der Waals surface area contributed by atoms with E-state index < -0.39 is 11.4 Å². The van der Waals surface area contributed by atoms with Crippen molar-refractivity contribution in [2.45, 2.75) is 26.8 Å². The van der Waals surface area contributed by atoms with Gasteiger partial charge >= 0.3 is 5.97 Å². The maximum absolute atomic E-state index is 11.4. The molecule has 0 aromatic carbocycles. The molecular weight excluding hydrogens is 248 g/mol. The molecule has 102 valence electrons. The van der Waals surface area contributed by atoms with Gasteiger partial charge < -0.3 is 9.67 Å². The highest BCUT2D eigenvalue weighted by molar-refractivity contribution is 5.86. The number of carboxylic acid groups (broad SMARTS) is 1. The summed E-state index contributed by atoms with van der Waals surface area (Å²) in [5.41, 5.74) is 7.33. The van der Waals surface area contributed by atoms with E-state index in [-0.39, 0.29) is 23.6 Å². The van der Waals surface area contributed by atoms with Crippen LogP contribution in [0.3, 0.4) is 0 Å². The minimum Gasteiger partial charge on any atom is -0.477 e. The van der Waals surface area contributed by atoms with Gasteiger partial charge in [0.25, 0.3) is 0 Å². The first-order chi connectivity index (χ1) is 8.77. The van der Waals surface area contributed by atoms with Crippen molar-refractivity contribution < 1.29 is 9.90 Å². The van der Waals surface area contributed by atoms with Gasteiger partial charge in [0, 0.05) is 36.0 Å². The van der Waals surface area contributed by atoms with Gasteiger partial charge in [-0.3, -0.25) is 4.79 Å². The monoisotopic (exact) mass is 264 g/mol. The van der Waals surface area contributed by atoms with Crippen molar-refractivity contribution in [3.8, 4) is 0 Å². The minimum absolute atomic E-state index is 0.182. The van der Waals surface area contributed by atoms with Gasteiger partial charge in [0.1, 0.15) is 5.56 Å². The molecule has 0 fully saturated rings. The molecule has 0 saturated heterocycles. The largest absolute Gasteiger partial charge is 0.477 e. The van der Waals surface area contributed by atoms with Crippen LogP contribution in [0.2, 0.25) is 0 Å². The van der Waals surface area contributed by atoms with Crippen LogP contribution in [0.1, 0.15) is 37.2 Å². The van der Waals surface area contributed by atoms with Gasteiger partial charge in [0.2, 0.25) is 0 Å². The first kappa shape index (κ1) is 14.8. The van der Waals surface area contributed by atoms with Gasteiger partial charge in [-0.15, -0.1) is 0 Å². The number of hydrogen-bond donors (Lipinski definition) is 1. The lowest BCUT2D eigenvalue weighted by molar-refractivity contribution is 0.0693. The Labute approximate surface area is 110 Å². The second kappa shape index (κ2) is 5.58. The zero-order valence-corrected chi connectivity index (χ0v) is 11.1. The van der Waals surface area contributed by atoms with Gasteiger partial charge in [-0.1, -0.05) is 25.9 Å². The SMILES string of the molecule is CC(C)(C)[C@H](CN=[N+]=[N-])n1ccc(=O)c(C(=O)O)c1. The topological polar surface area (TPSA) is 108 Å². The summed E-state index contributed by atoms with van der Waals surface area (Å²) in [7, 11) is 0. The summed E-state index contributed by atoms with van der Waals surface area (Å²) < 4.78 is 1.61. The van der Waals surface area contributed by atoms with E-state index in [4.69, 9.17) is 10.6 Å². The van der Waals surface area contributed by atoms with Crippen molar-refractivity contribution >= 4 is 5.97 Å². The predicted molar refractivity (Wildman–Crippen MR) is 70.2 cm³/mol. The summed E-state index contributed by atoms with van der Waals surface area (Å²) >= 11 is 0. The maximum atomic E-state index is 11.4. The fraction of sp³-hybridized carbons (Fsp3) is 0.500. The first-order valence-corrected chi connectivity index (χ1v) is 5.73. The number of pyridine rings is 1. The van der Waals surface area contributed by atoms with E-state index in [0.717, 1.165) is 0 Å². The summed E-state index contributed by atoms with van der Waals surface area (Å²) in [5.74, 6) is -1.27. The predicted octanol–water partition coefficient (Wildman–Crippen LogP) is 2.44. The zero-order chi connectivity index (χ0) is 14.6. The Kier molecular flexibility index (Phi) is 4.34. The highest BCUT2D eigenvalue weighted by Crippen LogP contribution is 2.30. The number of carboxylic acids is 1. The van der Waals surface area contributed by atoms with E-state index in [9.17, 15) is 9.59 Å². The number of rotatable bonds is 4. The molecule has 7 heteroatoms. The fourth-order valence-corrected chi connectivity index (χ4v) is 1.78. The Morgan fingerprint density at radius 1 is 1.58 bits per heavy atom. The van der Waals surface area contributed by atoms with E-state index in [0.29, 0.717) is 0 Å². The molecule has 0 bridgehead atoms. The molecule has 0 saturated carbocycles. The third kappa shape index (κ3) is 3.59. The molecule has 0 spiro atoms. The van der Waals surface area contributed by atoms with Gasteiger partial charge in [-0.05, 0) is 10.9 Å². The number of aromatic carboxylic acids is 1. The Morgan fingerprint density at radius 3 is 2.68 bits per heavy atom. The molecule has 1 heterocycles. The molecule has 19 heavy (non-hydrogen) atoms. The van der Waals surface area contributed by atoms with Crippen LogP contribution >= 0.6 is 0 Å². The van der Waals surface area contributed by atoms with Crippen LogP contribution in [-0.4, -0.2) is 22.2 Å². The number of aromatic nitrogens is 1.